The maximum absolute atomic E-state index is 12.3. The van der Waals surface area contributed by atoms with E-state index in [0.29, 0.717) is 22.6 Å². The minimum Gasteiger partial charge on any atom is -0.493 e. The number of carbonyl (C=O) groups is 2. The monoisotopic (exact) mass is 539 g/mol. The minimum atomic E-state index is -0.522. The van der Waals surface area contributed by atoms with Crippen LogP contribution in [0.2, 0.25) is 0 Å². The van der Waals surface area contributed by atoms with Crippen LogP contribution in [0, 0.1) is 3.57 Å². The van der Waals surface area contributed by atoms with Crippen LogP contribution in [-0.2, 0) is 9.53 Å². The van der Waals surface area contributed by atoms with Crippen molar-refractivity contribution in [3.63, 3.8) is 0 Å². The van der Waals surface area contributed by atoms with Crippen molar-refractivity contribution in [3.8, 4) is 11.5 Å². The molecule has 1 heterocycles. The fourth-order valence-electron chi connectivity index (χ4n) is 3.03. The fraction of sp³-hybridized carbons (Fsp3) is 0.0800. The first kappa shape index (κ1) is 21.8. The number of esters is 1. The fourth-order valence-corrected chi connectivity index (χ4v) is 3.39. The van der Waals surface area contributed by atoms with Gasteiger partial charge in [0, 0.05) is 14.7 Å². The molecule has 0 saturated carbocycles. The minimum absolute atomic E-state index is 0.114. The van der Waals surface area contributed by atoms with Gasteiger partial charge in [0.15, 0.2) is 29.6 Å². The lowest BCUT2D eigenvalue weighted by Crippen LogP contribution is -2.11. The molecule has 0 atom stereocenters. The molecule has 3 aromatic rings. The highest BCUT2D eigenvalue weighted by molar-refractivity contribution is 14.1. The molecule has 0 unspecified atom stereocenters. The highest BCUT2D eigenvalue weighted by atomic mass is 127. The zero-order valence-corrected chi connectivity index (χ0v) is 19.2. The Hall–Kier alpha value is -3.46. The first-order valence-corrected chi connectivity index (χ1v) is 10.8. The summed E-state index contributed by atoms with van der Waals surface area (Å²) in [4.78, 5) is 28.9. The normalized spacial score (nSPS) is 14.1. The molecule has 1 aliphatic heterocycles. The maximum Gasteiger partial charge on any atom is 0.363 e. The van der Waals surface area contributed by atoms with E-state index < -0.39 is 5.97 Å². The number of ether oxygens (including phenoxy) is 3. The van der Waals surface area contributed by atoms with Crippen molar-refractivity contribution in [1.29, 1.82) is 0 Å². The van der Waals surface area contributed by atoms with Crippen molar-refractivity contribution in [2.45, 2.75) is 0 Å². The second-order valence-electron chi connectivity index (χ2n) is 6.83. The van der Waals surface area contributed by atoms with E-state index in [0.717, 1.165) is 9.13 Å². The second kappa shape index (κ2) is 9.78. The molecule has 6 nitrogen and oxygen atoms in total. The summed E-state index contributed by atoms with van der Waals surface area (Å²) in [7, 11) is 1.51. The van der Waals surface area contributed by atoms with E-state index in [1.54, 1.807) is 48.5 Å². The summed E-state index contributed by atoms with van der Waals surface area (Å²) in [6, 6.07) is 21.6. The van der Waals surface area contributed by atoms with Gasteiger partial charge in [-0.3, -0.25) is 4.79 Å². The van der Waals surface area contributed by atoms with Crippen LogP contribution in [0.25, 0.3) is 6.08 Å². The Morgan fingerprint density at radius 2 is 1.78 bits per heavy atom. The number of methoxy groups -OCH3 is 1. The van der Waals surface area contributed by atoms with E-state index in [1.807, 2.05) is 30.3 Å². The average molecular weight is 539 g/mol. The number of cyclic esters (lactones) is 1. The molecule has 4 rings (SSSR count). The van der Waals surface area contributed by atoms with Crippen molar-refractivity contribution < 1.29 is 23.8 Å². The zero-order valence-electron chi connectivity index (χ0n) is 17.1. The third-order valence-corrected chi connectivity index (χ3v) is 5.38. The molecule has 0 aliphatic carbocycles. The van der Waals surface area contributed by atoms with Gasteiger partial charge in [-0.1, -0.05) is 36.4 Å². The van der Waals surface area contributed by atoms with E-state index in [4.69, 9.17) is 14.2 Å². The number of hydrogen-bond acceptors (Lipinski definition) is 6. The predicted octanol–water partition coefficient (Wildman–Crippen LogP) is 4.91. The van der Waals surface area contributed by atoms with Crippen molar-refractivity contribution in [3.05, 3.63) is 98.8 Å². The number of ketones is 1. The smallest absolute Gasteiger partial charge is 0.363 e. The third kappa shape index (κ3) is 5.05. The standard InChI is InChI=1S/C25H18INO5/c1-30-23-14-16(7-12-22(23)31-15-21(28)17-5-3-2-4-6-17)13-20-25(29)32-24(27-20)18-8-10-19(26)11-9-18/h2-14H,15H2,1H3/b20-13-. The first-order chi connectivity index (χ1) is 15.5. The van der Waals surface area contributed by atoms with Gasteiger partial charge in [0.25, 0.3) is 0 Å². The molecule has 0 saturated heterocycles. The van der Waals surface area contributed by atoms with Crippen molar-refractivity contribution in [2.24, 2.45) is 4.99 Å². The lowest BCUT2D eigenvalue weighted by molar-refractivity contribution is -0.129. The second-order valence-corrected chi connectivity index (χ2v) is 8.08. The van der Waals surface area contributed by atoms with Gasteiger partial charge in [0.2, 0.25) is 5.90 Å². The van der Waals surface area contributed by atoms with Crippen molar-refractivity contribution in [1.82, 2.24) is 0 Å². The summed E-state index contributed by atoms with van der Waals surface area (Å²) < 4.78 is 17.4. The van der Waals surface area contributed by atoms with Crippen LogP contribution in [0.15, 0.2) is 83.5 Å². The lowest BCUT2D eigenvalue weighted by Gasteiger charge is -2.11. The molecule has 7 heteroatoms. The molecule has 0 amide bonds. The number of Topliss-reactive ketones (excluding diaryl/α,β-unsaturated/α-hetero) is 1. The van der Waals surface area contributed by atoms with Gasteiger partial charge in [-0.25, -0.2) is 9.79 Å². The lowest BCUT2D eigenvalue weighted by atomic mass is 10.1. The number of nitrogens with zero attached hydrogens (tertiary/aromatic N) is 1. The van der Waals surface area contributed by atoms with E-state index in [9.17, 15) is 9.59 Å². The molecule has 32 heavy (non-hydrogen) atoms. The topological polar surface area (TPSA) is 74.2 Å². The Morgan fingerprint density at radius 1 is 1.03 bits per heavy atom. The summed E-state index contributed by atoms with van der Waals surface area (Å²) in [6.45, 7) is -0.114. The van der Waals surface area contributed by atoms with Crippen LogP contribution in [0.5, 0.6) is 11.5 Å². The molecule has 0 aromatic heterocycles. The SMILES string of the molecule is COc1cc(/C=C2\N=C(c3ccc(I)cc3)OC2=O)ccc1OCC(=O)c1ccccc1. The van der Waals surface area contributed by atoms with Crippen molar-refractivity contribution >= 4 is 46.3 Å². The van der Waals surface area contributed by atoms with Crippen molar-refractivity contribution in [2.75, 3.05) is 13.7 Å². The number of rotatable bonds is 7. The Balaban J connectivity index is 1.51. The summed E-state index contributed by atoms with van der Waals surface area (Å²) in [5, 5.41) is 0. The number of carbonyl (C=O) groups excluding carboxylic acids is 2. The Labute approximate surface area is 198 Å². The van der Waals surface area contributed by atoms with Gasteiger partial charge in [0.1, 0.15) is 0 Å². The van der Waals surface area contributed by atoms with E-state index in [1.165, 1.54) is 7.11 Å². The largest absolute Gasteiger partial charge is 0.493 e. The number of halogens is 1. The number of aliphatic imine (C=N–C) groups is 1. The maximum atomic E-state index is 12.3. The third-order valence-electron chi connectivity index (χ3n) is 4.66. The molecule has 0 radical (unpaired) electrons. The van der Waals surface area contributed by atoms with E-state index in [2.05, 4.69) is 27.6 Å². The molecular weight excluding hydrogens is 521 g/mol. The van der Waals surface area contributed by atoms with Gasteiger partial charge >= 0.3 is 5.97 Å². The van der Waals surface area contributed by atoms with Gasteiger partial charge in [0.05, 0.1) is 7.11 Å². The quantitative estimate of drug-likeness (QED) is 0.185. The summed E-state index contributed by atoms with van der Waals surface area (Å²) in [6.07, 6.45) is 1.61. The highest BCUT2D eigenvalue weighted by Crippen LogP contribution is 2.30. The molecule has 0 N–H and O–H groups in total. The molecule has 0 bridgehead atoms. The average Bonchev–Trinajstić information content (AvgIpc) is 3.18. The molecule has 0 fully saturated rings. The Kier molecular flexibility index (Phi) is 6.65. The van der Waals surface area contributed by atoms with Crippen LogP contribution >= 0.6 is 22.6 Å². The van der Waals surface area contributed by atoms with Gasteiger partial charge in [-0.15, -0.1) is 0 Å². The number of benzene rings is 3. The van der Waals surface area contributed by atoms with Gasteiger partial charge < -0.3 is 14.2 Å². The van der Waals surface area contributed by atoms with Gasteiger partial charge in [-0.05, 0) is 70.6 Å². The highest BCUT2D eigenvalue weighted by Gasteiger charge is 2.24. The van der Waals surface area contributed by atoms with Crippen LogP contribution in [0.3, 0.4) is 0 Å². The summed E-state index contributed by atoms with van der Waals surface area (Å²) >= 11 is 2.20. The number of hydrogen-bond donors (Lipinski definition) is 0. The van der Waals surface area contributed by atoms with E-state index >= 15 is 0 Å². The van der Waals surface area contributed by atoms with E-state index in [-0.39, 0.29) is 24.0 Å². The Bertz CT molecular complexity index is 1220. The molecule has 0 spiro atoms. The predicted molar refractivity (Wildman–Crippen MR) is 129 cm³/mol. The van der Waals surface area contributed by atoms with Gasteiger partial charge in [-0.2, -0.15) is 0 Å². The molecular formula is C25H18INO5. The molecule has 160 valence electrons. The zero-order chi connectivity index (χ0) is 22.5. The van der Waals surface area contributed by atoms with Crippen LogP contribution in [0.4, 0.5) is 0 Å². The summed E-state index contributed by atoms with van der Waals surface area (Å²) in [5.74, 6) is 0.477. The summed E-state index contributed by atoms with van der Waals surface area (Å²) in [5.41, 5.74) is 2.18. The Morgan fingerprint density at radius 3 is 2.50 bits per heavy atom. The van der Waals surface area contributed by atoms with Crippen LogP contribution < -0.4 is 9.47 Å². The molecule has 3 aromatic carbocycles. The molecule has 1 aliphatic rings. The van der Waals surface area contributed by atoms with Crippen LogP contribution in [0.1, 0.15) is 21.5 Å². The van der Waals surface area contributed by atoms with Crippen LogP contribution in [-0.4, -0.2) is 31.4 Å². The first-order valence-electron chi connectivity index (χ1n) is 9.71.